The fourth-order valence-corrected chi connectivity index (χ4v) is 3.45. The molecule has 0 atom stereocenters. The van der Waals surface area contributed by atoms with Crippen LogP contribution in [-0.2, 0) is 9.53 Å². The number of ether oxygens (including phenoxy) is 2. The molecule has 176 valence electrons. The van der Waals surface area contributed by atoms with Crippen molar-refractivity contribution in [2.45, 2.75) is 45.8 Å². The van der Waals surface area contributed by atoms with Gasteiger partial charge in [0, 0.05) is 38.6 Å². The van der Waals surface area contributed by atoms with E-state index in [-0.39, 0.29) is 12.0 Å². The summed E-state index contributed by atoms with van der Waals surface area (Å²) in [4.78, 5) is 32.8. The molecule has 33 heavy (non-hydrogen) atoms. The van der Waals surface area contributed by atoms with E-state index in [4.69, 9.17) is 9.47 Å². The number of carbonyl (C=O) groups excluding carboxylic acids is 2. The van der Waals surface area contributed by atoms with Gasteiger partial charge in [-0.3, -0.25) is 9.78 Å². The molecule has 1 fully saturated rings. The minimum absolute atomic E-state index is 0.104. The Kier molecular flexibility index (Phi) is 7.41. The van der Waals surface area contributed by atoms with Gasteiger partial charge in [-0.2, -0.15) is 0 Å². The molecule has 0 bridgehead atoms. The summed E-state index contributed by atoms with van der Waals surface area (Å²) >= 11 is 0. The fraction of sp³-hybridized carbons (Fsp3) is 0.423. The molecule has 1 saturated heterocycles. The van der Waals surface area contributed by atoms with Crippen molar-refractivity contribution >= 4 is 24.2 Å². The minimum Gasteiger partial charge on any atom is -0.478 e. The SMILES string of the molecule is CC(C)(C)OC(=O)N1CCN(C(=O)C(C)(C)Oc2ccc(/C=C/c3ccncc3)cc2)CC1. The molecule has 7 heteroatoms. The number of hydrogen-bond acceptors (Lipinski definition) is 5. The number of carbonyl (C=O) groups is 2. The predicted octanol–water partition coefficient (Wildman–Crippen LogP) is 4.49. The van der Waals surface area contributed by atoms with Crippen molar-refractivity contribution in [3.63, 3.8) is 0 Å². The Labute approximate surface area is 196 Å². The fourth-order valence-electron chi connectivity index (χ4n) is 3.45. The molecule has 7 nitrogen and oxygen atoms in total. The van der Waals surface area contributed by atoms with E-state index in [1.807, 2.05) is 69.3 Å². The molecule has 1 aromatic heterocycles. The molecule has 2 amide bonds. The van der Waals surface area contributed by atoms with Crippen molar-refractivity contribution in [1.29, 1.82) is 0 Å². The van der Waals surface area contributed by atoms with Gasteiger partial charge in [0.05, 0.1) is 0 Å². The molecule has 2 aromatic rings. The van der Waals surface area contributed by atoms with Gasteiger partial charge in [-0.05, 0) is 70.0 Å². The summed E-state index contributed by atoms with van der Waals surface area (Å²) < 4.78 is 11.5. The third-order valence-electron chi connectivity index (χ3n) is 5.16. The highest BCUT2D eigenvalue weighted by Crippen LogP contribution is 2.23. The molecule has 0 radical (unpaired) electrons. The van der Waals surface area contributed by atoms with E-state index < -0.39 is 11.2 Å². The van der Waals surface area contributed by atoms with Gasteiger partial charge in [0.15, 0.2) is 5.60 Å². The Morgan fingerprint density at radius 3 is 1.88 bits per heavy atom. The number of aromatic nitrogens is 1. The monoisotopic (exact) mass is 451 g/mol. The van der Waals surface area contributed by atoms with Crippen LogP contribution in [0.3, 0.4) is 0 Å². The summed E-state index contributed by atoms with van der Waals surface area (Å²) in [7, 11) is 0. The number of benzene rings is 1. The number of pyridine rings is 1. The first-order valence-corrected chi connectivity index (χ1v) is 11.2. The molecular formula is C26H33N3O4. The lowest BCUT2D eigenvalue weighted by Crippen LogP contribution is -2.57. The van der Waals surface area contributed by atoms with Crippen LogP contribution < -0.4 is 4.74 Å². The first kappa shape index (κ1) is 24.3. The van der Waals surface area contributed by atoms with Crippen molar-refractivity contribution in [3.05, 3.63) is 59.9 Å². The molecule has 0 unspecified atom stereocenters. The third kappa shape index (κ3) is 7.07. The van der Waals surface area contributed by atoms with Gasteiger partial charge in [-0.25, -0.2) is 4.79 Å². The number of amides is 2. The summed E-state index contributed by atoms with van der Waals surface area (Å²) in [5.41, 5.74) is 0.539. The van der Waals surface area contributed by atoms with E-state index >= 15 is 0 Å². The second kappa shape index (κ2) is 10.1. The summed E-state index contributed by atoms with van der Waals surface area (Å²) in [6, 6.07) is 11.5. The van der Waals surface area contributed by atoms with Crippen molar-refractivity contribution in [2.24, 2.45) is 0 Å². The Balaban J connectivity index is 1.54. The molecule has 0 aliphatic carbocycles. The van der Waals surface area contributed by atoms with Gasteiger partial charge in [0.2, 0.25) is 0 Å². The van der Waals surface area contributed by atoms with Crippen molar-refractivity contribution in [2.75, 3.05) is 26.2 Å². The molecule has 0 N–H and O–H groups in total. The predicted molar refractivity (Wildman–Crippen MR) is 129 cm³/mol. The van der Waals surface area contributed by atoms with Crippen molar-refractivity contribution < 1.29 is 19.1 Å². The first-order chi connectivity index (χ1) is 15.5. The Bertz CT molecular complexity index is 971. The maximum atomic E-state index is 13.1. The zero-order chi connectivity index (χ0) is 24.1. The van der Waals surface area contributed by atoms with Gasteiger partial charge < -0.3 is 19.3 Å². The average Bonchev–Trinajstić information content (AvgIpc) is 2.77. The van der Waals surface area contributed by atoms with Crippen LogP contribution in [0.5, 0.6) is 5.75 Å². The molecule has 3 rings (SSSR count). The maximum Gasteiger partial charge on any atom is 0.410 e. The minimum atomic E-state index is -1.03. The highest BCUT2D eigenvalue weighted by atomic mass is 16.6. The number of piperazine rings is 1. The quantitative estimate of drug-likeness (QED) is 0.670. The van der Waals surface area contributed by atoms with Crippen molar-refractivity contribution in [3.8, 4) is 5.75 Å². The summed E-state index contributed by atoms with van der Waals surface area (Å²) in [5.74, 6) is 0.523. The zero-order valence-electron chi connectivity index (χ0n) is 20.1. The lowest BCUT2D eigenvalue weighted by molar-refractivity contribution is -0.147. The van der Waals surface area contributed by atoms with E-state index in [1.54, 1.807) is 36.0 Å². The Morgan fingerprint density at radius 1 is 0.818 bits per heavy atom. The zero-order valence-corrected chi connectivity index (χ0v) is 20.1. The van der Waals surface area contributed by atoms with Crippen LogP contribution in [0.2, 0.25) is 0 Å². The van der Waals surface area contributed by atoms with E-state index in [9.17, 15) is 9.59 Å². The summed E-state index contributed by atoms with van der Waals surface area (Å²) in [5, 5.41) is 0. The summed E-state index contributed by atoms with van der Waals surface area (Å²) in [6.45, 7) is 10.8. The third-order valence-corrected chi connectivity index (χ3v) is 5.16. The first-order valence-electron chi connectivity index (χ1n) is 11.2. The Hall–Kier alpha value is -3.35. The lowest BCUT2D eigenvalue weighted by atomic mass is 10.1. The largest absolute Gasteiger partial charge is 0.478 e. The molecule has 2 heterocycles. The molecular weight excluding hydrogens is 418 g/mol. The normalized spacial score (nSPS) is 14.9. The van der Waals surface area contributed by atoms with Crippen LogP contribution in [0.4, 0.5) is 4.79 Å². The van der Waals surface area contributed by atoms with Gasteiger partial charge in [0.1, 0.15) is 11.4 Å². The number of hydrogen-bond donors (Lipinski definition) is 0. The van der Waals surface area contributed by atoms with E-state index in [1.165, 1.54) is 0 Å². The molecule has 0 saturated carbocycles. The molecule has 0 spiro atoms. The average molecular weight is 452 g/mol. The topological polar surface area (TPSA) is 72.0 Å². The van der Waals surface area contributed by atoms with Crippen LogP contribution in [-0.4, -0.2) is 64.2 Å². The van der Waals surface area contributed by atoms with Crippen LogP contribution in [0.25, 0.3) is 12.2 Å². The van der Waals surface area contributed by atoms with Gasteiger partial charge in [0.25, 0.3) is 5.91 Å². The standard InChI is InChI=1S/C26H33N3O4/c1-25(2,3)33-24(31)29-18-16-28(17-19-29)23(30)26(4,5)32-22-10-8-20(9-11-22)6-7-21-12-14-27-15-13-21/h6-15H,16-19H2,1-5H3/b7-6+. The molecule has 1 aliphatic rings. The van der Waals surface area contributed by atoms with Crippen LogP contribution in [0.1, 0.15) is 45.7 Å². The Morgan fingerprint density at radius 2 is 1.33 bits per heavy atom. The second-order valence-corrected chi connectivity index (χ2v) is 9.55. The number of rotatable bonds is 5. The molecule has 1 aliphatic heterocycles. The smallest absolute Gasteiger partial charge is 0.410 e. The van der Waals surface area contributed by atoms with E-state index in [2.05, 4.69) is 4.98 Å². The van der Waals surface area contributed by atoms with Gasteiger partial charge >= 0.3 is 6.09 Å². The van der Waals surface area contributed by atoms with Crippen LogP contribution in [0.15, 0.2) is 48.8 Å². The van der Waals surface area contributed by atoms with Gasteiger partial charge in [-0.1, -0.05) is 24.3 Å². The van der Waals surface area contributed by atoms with E-state index in [0.29, 0.717) is 31.9 Å². The second-order valence-electron chi connectivity index (χ2n) is 9.55. The highest BCUT2D eigenvalue weighted by Gasteiger charge is 2.36. The molecule has 1 aromatic carbocycles. The van der Waals surface area contributed by atoms with Gasteiger partial charge in [-0.15, -0.1) is 0 Å². The van der Waals surface area contributed by atoms with E-state index in [0.717, 1.165) is 11.1 Å². The van der Waals surface area contributed by atoms with Crippen LogP contribution in [0, 0.1) is 0 Å². The highest BCUT2D eigenvalue weighted by molar-refractivity contribution is 5.85. The maximum absolute atomic E-state index is 13.1. The van der Waals surface area contributed by atoms with Crippen molar-refractivity contribution in [1.82, 2.24) is 14.8 Å². The number of nitrogens with zero attached hydrogens (tertiary/aromatic N) is 3. The van der Waals surface area contributed by atoms with Crippen LogP contribution >= 0.6 is 0 Å². The summed E-state index contributed by atoms with van der Waals surface area (Å²) in [6.07, 6.45) is 7.20. The lowest BCUT2D eigenvalue weighted by Gasteiger charge is -2.38.